The molecule has 0 saturated heterocycles. The number of guanidine groups is 1. The van der Waals surface area contributed by atoms with Gasteiger partial charge in [0.25, 0.3) is 0 Å². The Morgan fingerprint density at radius 2 is 2.33 bits per heavy atom. The molecule has 1 aliphatic carbocycles. The van der Waals surface area contributed by atoms with Crippen molar-refractivity contribution >= 4 is 5.96 Å². The van der Waals surface area contributed by atoms with E-state index >= 15 is 0 Å². The van der Waals surface area contributed by atoms with Crippen LogP contribution in [0.3, 0.4) is 0 Å². The molecule has 1 saturated carbocycles. The molecule has 0 atom stereocenters. The molecule has 4 nitrogen and oxygen atoms in total. The van der Waals surface area contributed by atoms with Crippen molar-refractivity contribution in [3.8, 4) is 0 Å². The van der Waals surface area contributed by atoms with E-state index in [1.807, 2.05) is 7.05 Å². The Hall–Kier alpha value is -0.930. The number of nitrogens with zero attached hydrogens (tertiary/aromatic N) is 2. The summed E-state index contributed by atoms with van der Waals surface area (Å²) in [6, 6.07) is 0.515. The molecule has 1 fully saturated rings. The fourth-order valence-corrected chi connectivity index (χ4v) is 0.719. The molecule has 0 radical (unpaired) electrons. The maximum Gasteiger partial charge on any atom is 0.233 e. The molecule has 0 aromatic carbocycles. The third kappa shape index (κ3) is 1.25. The van der Waals surface area contributed by atoms with E-state index in [0.717, 1.165) is 12.8 Å². The number of oxime groups is 1. The van der Waals surface area contributed by atoms with Gasteiger partial charge < -0.3 is 15.8 Å². The average molecular weight is 129 g/mol. The summed E-state index contributed by atoms with van der Waals surface area (Å²) in [6.07, 6.45) is 2.32. The fourth-order valence-electron chi connectivity index (χ4n) is 0.719. The summed E-state index contributed by atoms with van der Waals surface area (Å²) in [7, 11) is 1.83. The van der Waals surface area contributed by atoms with E-state index in [4.69, 9.17) is 10.9 Å². The van der Waals surface area contributed by atoms with Gasteiger partial charge in [0, 0.05) is 13.1 Å². The molecule has 0 aliphatic heterocycles. The number of hydrogen-bond acceptors (Lipinski definition) is 2. The summed E-state index contributed by atoms with van der Waals surface area (Å²) < 4.78 is 0. The summed E-state index contributed by atoms with van der Waals surface area (Å²) >= 11 is 0. The van der Waals surface area contributed by atoms with E-state index in [1.165, 1.54) is 0 Å². The lowest BCUT2D eigenvalue weighted by atomic mass is 10.6. The van der Waals surface area contributed by atoms with Gasteiger partial charge in [-0.3, -0.25) is 0 Å². The van der Waals surface area contributed by atoms with Crippen molar-refractivity contribution in [1.82, 2.24) is 4.90 Å². The largest absolute Gasteiger partial charge is 0.408 e. The van der Waals surface area contributed by atoms with Crippen LogP contribution in [0.25, 0.3) is 0 Å². The zero-order chi connectivity index (χ0) is 6.85. The van der Waals surface area contributed by atoms with Gasteiger partial charge in [-0.25, -0.2) is 0 Å². The molecule has 0 unspecified atom stereocenters. The first-order valence-electron chi connectivity index (χ1n) is 2.96. The van der Waals surface area contributed by atoms with Crippen LogP contribution >= 0.6 is 0 Å². The molecule has 0 aromatic rings. The van der Waals surface area contributed by atoms with Gasteiger partial charge in [0.2, 0.25) is 5.96 Å². The Balaban J connectivity index is 2.40. The van der Waals surface area contributed by atoms with Gasteiger partial charge in [-0.15, -0.1) is 0 Å². The number of hydrogen-bond donors (Lipinski definition) is 2. The summed E-state index contributed by atoms with van der Waals surface area (Å²) in [4.78, 5) is 1.78. The quantitative estimate of drug-likeness (QED) is 0.223. The first-order chi connectivity index (χ1) is 4.25. The van der Waals surface area contributed by atoms with E-state index in [9.17, 15) is 0 Å². The van der Waals surface area contributed by atoms with Gasteiger partial charge in [0.05, 0.1) is 0 Å². The molecule has 4 heteroatoms. The first-order valence-corrected chi connectivity index (χ1v) is 2.96. The zero-order valence-electron chi connectivity index (χ0n) is 5.41. The molecule has 9 heavy (non-hydrogen) atoms. The van der Waals surface area contributed by atoms with Crippen LogP contribution in [0.1, 0.15) is 12.8 Å². The maximum absolute atomic E-state index is 8.20. The molecule has 0 heterocycles. The van der Waals surface area contributed by atoms with Gasteiger partial charge in [-0.05, 0) is 12.8 Å². The molecule has 3 N–H and O–H groups in total. The minimum Gasteiger partial charge on any atom is -0.408 e. The van der Waals surface area contributed by atoms with Crippen LogP contribution < -0.4 is 5.73 Å². The normalized spacial score (nSPS) is 19.9. The van der Waals surface area contributed by atoms with Gasteiger partial charge in [-0.2, -0.15) is 0 Å². The van der Waals surface area contributed by atoms with E-state index < -0.39 is 0 Å². The molecule has 1 rings (SSSR count). The topological polar surface area (TPSA) is 61.8 Å². The Morgan fingerprint density at radius 3 is 2.67 bits per heavy atom. The molecule has 0 aromatic heterocycles. The van der Waals surface area contributed by atoms with Crippen LogP contribution in [0.5, 0.6) is 0 Å². The second-order valence-electron chi connectivity index (χ2n) is 2.30. The lowest BCUT2D eigenvalue weighted by Gasteiger charge is -2.14. The van der Waals surface area contributed by atoms with Crippen molar-refractivity contribution in [1.29, 1.82) is 0 Å². The highest BCUT2D eigenvalue weighted by Gasteiger charge is 2.27. The molecule has 0 amide bonds. The van der Waals surface area contributed by atoms with Gasteiger partial charge in [0.1, 0.15) is 0 Å². The SMILES string of the molecule is CN(/C(N)=N/O)C1CC1. The molecule has 52 valence electrons. The van der Waals surface area contributed by atoms with Gasteiger partial charge in [0.15, 0.2) is 0 Å². The van der Waals surface area contributed by atoms with E-state index in [1.54, 1.807) is 4.90 Å². The highest BCUT2D eigenvalue weighted by molar-refractivity contribution is 5.77. The molecular formula is C5H11N3O. The first kappa shape index (κ1) is 6.19. The summed E-state index contributed by atoms with van der Waals surface area (Å²) in [5, 5.41) is 11.1. The maximum atomic E-state index is 8.20. The van der Waals surface area contributed by atoms with Crippen molar-refractivity contribution in [2.24, 2.45) is 10.9 Å². The lowest BCUT2D eigenvalue weighted by Crippen LogP contribution is -2.35. The Labute approximate surface area is 53.9 Å². The highest BCUT2D eigenvalue weighted by Crippen LogP contribution is 2.24. The lowest BCUT2D eigenvalue weighted by molar-refractivity contribution is 0.303. The summed E-state index contributed by atoms with van der Waals surface area (Å²) in [5.41, 5.74) is 5.28. The van der Waals surface area contributed by atoms with Gasteiger partial charge >= 0.3 is 0 Å². The van der Waals surface area contributed by atoms with Crippen molar-refractivity contribution in [2.45, 2.75) is 18.9 Å². The second kappa shape index (κ2) is 2.13. The Kier molecular flexibility index (Phi) is 1.46. The smallest absolute Gasteiger partial charge is 0.233 e. The molecule has 1 aliphatic rings. The standard InChI is InChI=1S/C5H11N3O/c1-8(4-2-3-4)5(6)7-9/h4,9H,2-3H2,1H3,(H2,6,7). The predicted molar refractivity (Wildman–Crippen MR) is 34.2 cm³/mol. The molecule has 0 spiro atoms. The monoisotopic (exact) mass is 129 g/mol. The fraction of sp³-hybridized carbons (Fsp3) is 0.800. The Morgan fingerprint density at radius 1 is 1.78 bits per heavy atom. The van der Waals surface area contributed by atoms with Crippen LogP contribution in [-0.2, 0) is 0 Å². The molecular weight excluding hydrogens is 118 g/mol. The number of nitrogens with two attached hydrogens (primary N) is 1. The van der Waals surface area contributed by atoms with Crippen LogP contribution in [-0.4, -0.2) is 29.2 Å². The van der Waals surface area contributed by atoms with Crippen LogP contribution in [0.4, 0.5) is 0 Å². The third-order valence-electron chi connectivity index (χ3n) is 1.56. The Bertz CT molecular complexity index is 130. The average Bonchev–Trinajstić information content (AvgIpc) is 2.66. The highest BCUT2D eigenvalue weighted by atomic mass is 16.4. The van der Waals surface area contributed by atoms with Crippen molar-refractivity contribution in [3.63, 3.8) is 0 Å². The van der Waals surface area contributed by atoms with Crippen LogP contribution in [0.2, 0.25) is 0 Å². The predicted octanol–water partition coefficient (Wildman–Crippen LogP) is -0.216. The second-order valence-corrected chi connectivity index (χ2v) is 2.30. The number of rotatable bonds is 1. The van der Waals surface area contributed by atoms with E-state index in [2.05, 4.69) is 5.16 Å². The minimum absolute atomic E-state index is 0.206. The van der Waals surface area contributed by atoms with Crippen molar-refractivity contribution in [2.75, 3.05) is 7.05 Å². The van der Waals surface area contributed by atoms with Gasteiger partial charge in [-0.1, -0.05) is 5.16 Å². The molecule has 0 bridgehead atoms. The minimum atomic E-state index is 0.206. The van der Waals surface area contributed by atoms with E-state index in [-0.39, 0.29) is 5.96 Å². The third-order valence-corrected chi connectivity index (χ3v) is 1.56. The van der Waals surface area contributed by atoms with Crippen LogP contribution in [0, 0.1) is 0 Å². The van der Waals surface area contributed by atoms with Crippen molar-refractivity contribution in [3.05, 3.63) is 0 Å². The summed E-state index contributed by atoms with van der Waals surface area (Å²) in [6.45, 7) is 0. The zero-order valence-corrected chi connectivity index (χ0v) is 5.41. The van der Waals surface area contributed by atoms with E-state index in [0.29, 0.717) is 6.04 Å². The summed E-state index contributed by atoms with van der Waals surface area (Å²) in [5.74, 6) is 0.206. The van der Waals surface area contributed by atoms with Crippen LogP contribution in [0.15, 0.2) is 5.16 Å². The van der Waals surface area contributed by atoms with Crippen molar-refractivity contribution < 1.29 is 5.21 Å².